The molecule has 3 heteroatoms. The van der Waals surface area contributed by atoms with Crippen LogP contribution in [-0.4, -0.2) is 35.8 Å². The quantitative estimate of drug-likeness (QED) is 0.640. The van der Waals surface area contributed by atoms with E-state index < -0.39 is 0 Å². The summed E-state index contributed by atoms with van der Waals surface area (Å²) in [6.45, 7) is 2.54. The molecular weight excluding hydrogens is 194 g/mol. The molecule has 0 radical (unpaired) electrons. The molecule has 0 atom stereocenters. The molecule has 0 aromatic heterocycles. The Kier molecular flexibility index (Phi) is 5.90. The summed E-state index contributed by atoms with van der Waals surface area (Å²) in [5.74, 6) is 0. The van der Waals surface area contributed by atoms with Crippen LogP contribution in [0.2, 0.25) is 0 Å². The standard InChI is InChI=1S/C11H23NOS/c1-14-11(6-2-3-7-11)10-12-8-4-5-9-13/h12-13H,2-10H2,1H3. The van der Waals surface area contributed by atoms with Crippen molar-refractivity contribution in [2.75, 3.05) is 26.0 Å². The van der Waals surface area contributed by atoms with E-state index >= 15 is 0 Å². The lowest BCUT2D eigenvalue weighted by Gasteiger charge is -2.27. The Bertz CT molecular complexity index is 146. The fourth-order valence-electron chi connectivity index (χ4n) is 2.15. The van der Waals surface area contributed by atoms with Crippen LogP contribution in [-0.2, 0) is 0 Å². The van der Waals surface area contributed by atoms with Gasteiger partial charge in [0.2, 0.25) is 0 Å². The van der Waals surface area contributed by atoms with E-state index in [1.54, 1.807) is 0 Å². The molecule has 2 nitrogen and oxygen atoms in total. The molecule has 1 saturated carbocycles. The van der Waals surface area contributed by atoms with Crippen LogP contribution >= 0.6 is 11.8 Å². The molecule has 0 aliphatic heterocycles. The van der Waals surface area contributed by atoms with Crippen LogP contribution in [0.3, 0.4) is 0 Å². The lowest BCUT2D eigenvalue weighted by Crippen LogP contribution is -2.35. The van der Waals surface area contributed by atoms with Gasteiger partial charge in [-0.15, -0.1) is 0 Å². The van der Waals surface area contributed by atoms with Gasteiger partial charge >= 0.3 is 0 Å². The lowest BCUT2D eigenvalue weighted by molar-refractivity contribution is 0.283. The minimum Gasteiger partial charge on any atom is -0.396 e. The Morgan fingerprint density at radius 1 is 1.29 bits per heavy atom. The molecule has 2 N–H and O–H groups in total. The maximum Gasteiger partial charge on any atom is 0.0431 e. The summed E-state index contributed by atoms with van der Waals surface area (Å²) in [5, 5.41) is 12.2. The van der Waals surface area contributed by atoms with Crippen molar-refractivity contribution >= 4 is 11.8 Å². The van der Waals surface area contributed by atoms with E-state index in [9.17, 15) is 0 Å². The number of nitrogens with one attached hydrogen (secondary N) is 1. The predicted octanol–water partition coefficient (Wildman–Crippen LogP) is 2.02. The third kappa shape index (κ3) is 3.79. The van der Waals surface area contributed by atoms with Crippen molar-refractivity contribution in [1.82, 2.24) is 5.32 Å². The first-order chi connectivity index (χ1) is 6.83. The first-order valence-electron chi connectivity index (χ1n) is 5.70. The molecule has 1 aliphatic carbocycles. The summed E-state index contributed by atoms with van der Waals surface area (Å²) >= 11 is 2.03. The number of aliphatic hydroxyl groups is 1. The van der Waals surface area contributed by atoms with E-state index in [-0.39, 0.29) is 0 Å². The van der Waals surface area contributed by atoms with Crippen LogP contribution in [0.4, 0.5) is 0 Å². The van der Waals surface area contributed by atoms with Crippen LogP contribution in [0.15, 0.2) is 0 Å². The predicted molar refractivity (Wildman–Crippen MR) is 63.9 cm³/mol. The molecule has 1 aliphatic rings. The fourth-order valence-corrected chi connectivity index (χ4v) is 3.09. The van der Waals surface area contributed by atoms with E-state index in [4.69, 9.17) is 5.11 Å². The fraction of sp³-hybridized carbons (Fsp3) is 1.00. The van der Waals surface area contributed by atoms with Gasteiger partial charge in [0.05, 0.1) is 0 Å². The summed E-state index contributed by atoms with van der Waals surface area (Å²) in [4.78, 5) is 0. The first-order valence-corrected chi connectivity index (χ1v) is 6.92. The van der Waals surface area contributed by atoms with Crippen molar-refractivity contribution in [2.45, 2.75) is 43.3 Å². The molecule has 0 amide bonds. The zero-order valence-electron chi connectivity index (χ0n) is 9.22. The number of hydrogen-bond acceptors (Lipinski definition) is 3. The van der Waals surface area contributed by atoms with E-state index in [0.29, 0.717) is 11.4 Å². The second-order valence-electron chi connectivity index (χ2n) is 4.20. The zero-order chi connectivity index (χ0) is 10.3. The van der Waals surface area contributed by atoms with Gasteiger partial charge in [-0.05, 0) is 38.5 Å². The second-order valence-corrected chi connectivity index (χ2v) is 5.48. The Labute approximate surface area is 91.9 Å². The monoisotopic (exact) mass is 217 g/mol. The SMILES string of the molecule is CSC1(CNCCCCO)CCCC1. The molecule has 0 aromatic carbocycles. The van der Waals surface area contributed by atoms with Crippen LogP contribution in [0, 0.1) is 0 Å². The van der Waals surface area contributed by atoms with Crippen molar-refractivity contribution in [3.8, 4) is 0 Å². The molecule has 0 unspecified atom stereocenters. The third-order valence-corrected chi connectivity index (χ3v) is 4.58. The highest BCUT2D eigenvalue weighted by Crippen LogP contribution is 2.39. The van der Waals surface area contributed by atoms with Gasteiger partial charge in [0.25, 0.3) is 0 Å². The number of rotatable bonds is 7. The Morgan fingerprint density at radius 3 is 2.57 bits per heavy atom. The maximum atomic E-state index is 8.64. The second kappa shape index (κ2) is 6.70. The molecule has 1 rings (SSSR count). The number of aliphatic hydroxyl groups excluding tert-OH is 1. The largest absolute Gasteiger partial charge is 0.396 e. The van der Waals surface area contributed by atoms with Gasteiger partial charge in [-0.3, -0.25) is 0 Å². The number of unbranched alkanes of at least 4 members (excludes halogenated alkanes) is 1. The minimum absolute atomic E-state index is 0.329. The molecule has 1 fully saturated rings. The molecule has 0 saturated heterocycles. The van der Waals surface area contributed by atoms with Crippen LogP contribution in [0.1, 0.15) is 38.5 Å². The molecular formula is C11H23NOS. The summed E-state index contributed by atoms with van der Waals surface area (Å²) < 4.78 is 0.527. The normalized spacial score (nSPS) is 20.1. The van der Waals surface area contributed by atoms with E-state index in [1.807, 2.05) is 11.8 Å². The van der Waals surface area contributed by atoms with Crippen molar-refractivity contribution in [3.05, 3.63) is 0 Å². The van der Waals surface area contributed by atoms with Gasteiger partial charge in [-0.2, -0.15) is 11.8 Å². The molecule has 0 spiro atoms. The van der Waals surface area contributed by atoms with Gasteiger partial charge in [0.15, 0.2) is 0 Å². The Hall–Kier alpha value is 0.270. The third-order valence-electron chi connectivity index (χ3n) is 3.16. The van der Waals surface area contributed by atoms with Gasteiger partial charge in [-0.1, -0.05) is 12.8 Å². The Morgan fingerprint density at radius 2 is 2.00 bits per heavy atom. The average Bonchev–Trinajstić information content (AvgIpc) is 2.67. The molecule has 84 valence electrons. The van der Waals surface area contributed by atoms with Crippen molar-refractivity contribution in [2.24, 2.45) is 0 Å². The number of hydrogen-bond donors (Lipinski definition) is 2. The molecule has 0 aromatic rings. The summed E-state index contributed by atoms with van der Waals surface area (Å²) in [7, 11) is 0. The topological polar surface area (TPSA) is 32.3 Å². The van der Waals surface area contributed by atoms with E-state index in [0.717, 1.165) is 25.9 Å². The molecule has 0 heterocycles. The molecule has 14 heavy (non-hydrogen) atoms. The highest BCUT2D eigenvalue weighted by Gasteiger charge is 2.32. The van der Waals surface area contributed by atoms with Crippen LogP contribution in [0.25, 0.3) is 0 Å². The van der Waals surface area contributed by atoms with Crippen LogP contribution < -0.4 is 5.32 Å². The van der Waals surface area contributed by atoms with Crippen molar-refractivity contribution in [1.29, 1.82) is 0 Å². The Balaban J connectivity index is 2.08. The van der Waals surface area contributed by atoms with Crippen molar-refractivity contribution < 1.29 is 5.11 Å². The molecule has 0 bridgehead atoms. The van der Waals surface area contributed by atoms with Gasteiger partial charge in [0, 0.05) is 17.9 Å². The maximum absolute atomic E-state index is 8.64. The van der Waals surface area contributed by atoms with Crippen molar-refractivity contribution in [3.63, 3.8) is 0 Å². The van der Waals surface area contributed by atoms with E-state index in [2.05, 4.69) is 11.6 Å². The van der Waals surface area contributed by atoms with Gasteiger partial charge in [0.1, 0.15) is 0 Å². The lowest BCUT2D eigenvalue weighted by atomic mass is 10.1. The summed E-state index contributed by atoms with van der Waals surface area (Å²) in [6, 6.07) is 0. The van der Waals surface area contributed by atoms with Crippen LogP contribution in [0.5, 0.6) is 0 Å². The first kappa shape index (κ1) is 12.3. The smallest absolute Gasteiger partial charge is 0.0431 e. The minimum atomic E-state index is 0.329. The highest BCUT2D eigenvalue weighted by molar-refractivity contribution is 8.00. The van der Waals surface area contributed by atoms with E-state index in [1.165, 1.54) is 25.7 Å². The summed E-state index contributed by atoms with van der Waals surface area (Å²) in [5.41, 5.74) is 0. The van der Waals surface area contributed by atoms with Gasteiger partial charge < -0.3 is 10.4 Å². The number of thioether (sulfide) groups is 1. The highest BCUT2D eigenvalue weighted by atomic mass is 32.2. The average molecular weight is 217 g/mol. The van der Waals surface area contributed by atoms with Gasteiger partial charge in [-0.25, -0.2) is 0 Å². The zero-order valence-corrected chi connectivity index (χ0v) is 10.0. The summed E-state index contributed by atoms with van der Waals surface area (Å²) in [6.07, 6.45) is 9.82.